The Balaban J connectivity index is 3.44. The van der Waals surface area contributed by atoms with E-state index in [9.17, 15) is 9.90 Å². The van der Waals surface area contributed by atoms with E-state index in [4.69, 9.17) is 5.11 Å². The molecule has 0 spiro atoms. The van der Waals surface area contributed by atoms with Gasteiger partial charge in [0, 0.05) is 12.8 Å². The molecule has 0 fully saturated rings. The number of carbonyl (C=O) groups is 1. The first-order valence-corrected chi connectivity index (χ1v) is 5.55. The lowest BCUT2D eigenvalue weighted by atomic mass is 10.1. The first-order valence-electron chi connectivity index (χ1n) is 5.55. The van der Waals surface area contributed by atoms with Gasteiger partial charge in [0.2, 0.25) is 0 Å². The molecular weight excluding hydrogens is 192 g/mol. The molecule has 15 heavy (non-hydrogen) atoms. The van der Waals surface area contributed by atoms with Crippen LogP contribution in [0.5, 0.6) is 0 Å². The summed E-state index contributed by atoms with van der Waals surface area (Å²) in [4.78, 5) is 10.2. The Morgan fingerprint density at radius 1 is 1.33 bits per heavy atom. The largest absolute Gasteiger partial charge is 0.481 e. The highest BCUT2D eigenvalue weighted by atomic mass is 16.4. The number of aliphatic hydroxyl groups is 1. The predicted molar refractivity (Wildman–Crippen MR) is 59.4 cm³/mol. The summed E-state index contributed by atoms with van der Waals surface area (Å²) in [5.74, 6) is 4.74. The van der Waals surface area contributed by atoms with Crippen LogP contribution in [0.25, 0.3) is 0 Å². The van der Waals surface area contributed by atoms with E-state index >= 15 is 0 Å². The monoisotopic (exact) mass is 212 g/mol. The Morgan fingerprint density at radius 3 is 2.67 bits per heavy atom. The summed E-state index contributed by atoms with van der Waals surface area (Å²) < 4.78 is 0. The maximum atomic E-state index is 10.2. The molecule has 3 nitrogen and oxygen atoms in total. The Morgan fingerprint density at radius 2 is 2.07 bits per heavy atom. The first-order chi connectivity index (χ1) is 7.16. The summed E-state index contributed by atoms with van der Waals surface area (Å²) in [6.45, 7) is 2.12. The fraction of sp³-hybridized carbons (Fsp3) is 0.750. The van der Waals surface area contributed by atoms with Crippen LogP contribution in [-0.4, -0.2) is 22.3 Å². The predicted octanol–water partition coefficient (Wildman–Crippen LogP) is 2.19. The molecule has 0 radical (unpaired) electrons. The van der Waals surface area contributed by atoms with E-state index in [1.807, 2.05) is 0 Å². The van der Waals surface area contributed by atoms with Crippen LogP contribution in [0.1, 0.15) is 51.9 Å². The van der Waals surface area contributed by atoms with Crippen molar-refractivity contribution < 1.29 is 15.0 Å². The molecule has 0 heterocycles. The van der Waals surface area contributed by atoms with Gasteiger partial charge < -0.3 is 10.2 Å². The number of carboxylic acids is 1. The Bertz CT molecular complexity index is 225. The van der Waals surface area contributed by atoms with Crippen LogP contribution in [0.4, 0.5) is 0 Å². The molecule has 1 atom stereocenters. The topological polar surface area (TPSA) is 57.5 Å². The standard InChI is InChI=1S/C12H20O3/c1-2-3-5-8-11(13)9-6-4-7-10-12(14)15/h11,13H,2-5,7-8,10H2,1H3,(H,14,15). The van der Waals surface area contributed by atoms with Crippen LogP contribution >= 0.6 is 0 Å². The van der Waals surface area contributed by atoms with Crippen LogP contribution in [0.2, 0.25) is 0 Å². The minimum atomic E-state index is -0.791. The molecule has 0 aromatic heterocycles. The first kappa shape index (κ1) is 14.0. The Labute approximate surface area is 91.5 Å². The summed E-state index contributed by atoms with van der Waals surface area (Å²) in [7, 11) is 0. The van der Waals surface area contributed by atoms with Crippen LogP contribution in [0.15, 0.2) is 0 Å². The van der Waals surface area contributed by atoms with E-state index < -0.39 is 12.1 Å². The smallest absolute Gasteiger partial charge is 0.303 e. The maximum Gasteiger partial charge on any atom is 0.303 e. The lowest BCUT2D eigenvalue weighted by Gasteiger charge is -2.00. The fourth-order valence-electron chi connectivity index (χ4n) is 1.18. The van der Waals surface area contributed by atoms with E-state index in [1.165, 1.54) is 0 Å². The molecule has 0 rings (SSSR count). The number of aliphatic carboxylic acids is 1. The quantitative estimate of drug-likeness (QED) is 0.502. The average Bonchev–Trinajstić information content (AvgIpc) is 2.17. The van der Waals surface area contributed by atoms with Gasteiger partial charge >= 0.3 is 5.97 Å². The third-order valence-corrected chi connectivity index (χ3v) is 2.04. The van der Waals surface area contributed by atoms with Gasteiger partial charge in [0.15, 0.2) is 0 Å². The van der Waals surface area contributed by atoms with Crippen molar-refractivity contribution in [2.75, 3.05) is 0 Å². The van der Waals surface area contributed by atoms with E-state index in [1.54, 1.807) is 0 Å². The molecule has 1 unspecified atom stereocenters. The summed E-state index contributed by atoms with van der Waals surface area (Å²) in [5, 5.41) is 17.8. The van der Waals surface area contributed by atoms with E-state index in [2.05, 4.69) is 18.8 Å². The fourth-order valence-corrected chi connectivity index (χ4v) is 1.18. The van der Waals surface area contributed by atoms with Gasteiger partial charge in [-0.05, 0) is 19.3 Å². The van der Waals surface area contributed by atoms with E-state index in [0.29, 0.717) is 12.8 Å². The van der Waals surface area contributed by atoms with E-state index in [0.717, 1.165) is 25.7 Å². The van der Waals surface area contributed by atoms with Gasteiger partial charge in [-0.15, -0.1) is 5.92 Å². The van der Waals surface area contributed by atoms with Crippen molar-refractivity contribution in [2.24, 2.45) is 0 Å². The summed E-state index contributed by atoms with van der Waals surface area (Å²) >= 11 is 0. The Hall–Kier alpha value is -1.01. The zero-order valence-electron chi connectivity index (χ0n) is 9.33. The van der Waals surface area contributed by atoms with Crippen molar-refractivity contribution in [1.82, 2.24) is 0 Å². The van der Waals surface area contributed by atoms with Crippen molar-refractivity contribution in [3.05, 3.63) is 0 Å². The molecule has 3 heteroatoms. The van der Waals surface area contributed by atoms with Crippen molar-refractivity contribution >= 4 is 5.97 Å². The molecule has 0 aliphatic carbocycles. The number of hydrogen-bond donors (Lipinski definition) is 2. The average molecular weight is 212 g/mol. The highest BCUT2D eigenvalue weighted by Crippen LogP contribution is 2.02. The zero-order chi connectivity index (χ0) is 11.5. The molecular formula is C12H20O3. The number of unbranched alkanes of at least 4 members (excludes halogenated alkanes) is 3. The number of hydrogen-bond acceptors (Lipinski definition) is 2. The minimum absolute atomic E-state index is 0.153. The van der Waals surface area contributed by atoms with Gasteiger partial charge in [-0.25, -0.2) is 0 Å². The molecule has 0 bridgehead atoms. The summed E-state index contributed by atoms with van der Waals surface area (Å²) in [6, 6.07) is 0. The van der Waals surface area contributed by atoms with Gasteiger partial charge in [0.05, 0.1) is 0 Å². The second-order valence-electron chi connectivity index (χ2n) is 3.58. The number of aliphatic hydroxyl groups excluding tert-OH is 1. The maximum absolute atomic E-state index is 10.2. The molecule has 0 aliphatic rings. The third-order valence-electron chi connectivity index (χ3n) is 2.04. The van der Waals surface area contributed by atoms with Gasteiger partial charge in [-0.1, -0.05) is 25.7 Å². The van der Waals surface area contributed by atoms with Crippen LogP contribution < -0.4 is 0 Å². The molecule has 0 amide bonds. The van der Waals surface area contributed by atoms with Crippen molar-refractivity contribution in [3.63, 3.8) is 0 Å². The second-order valence-corrected chi connectivity index (χ2v) is 3.58. The molecule has 0 aromatic carbocycles. The normalized spacial score (nSPS) is 11.6. The van der Waals surface area contributed by atoms with Crippen molar-refractivity contribution in [2.45, 2.75) is 58.0 Å². The SMILES string of the molecule is CCCCCC(O)C#CCCCC(=O)O. The highest BCUT2D eigenvalue weighted by molar-refractivity contribution is 5.66. The molecule has 2 N–H and O–H groups in total. The summed E-state index contributed by atoms with van der Waals surface area (Å²) in [5.41, 5.74) is 0. The molecule has 86 valence electrons. The second kappa shape index (κ2) is 9.54. The van der Waals surface area contributed by atoms with Crippen LogP contribution in [0.3, 0.4) is 0 Å². The molecule has 0 saturated heterocycles. The van der Waals surface area contributed by atoms with Gasteiger partial charge in [0.25, 0.3) is 0 Å². The zero-order valence-corrected chi connectivity index (χ0v) is 9.33. The van der Waals surface area contributed by atoms with Gasteiger partial charge in [0.1, 0.15) is 6.10 Å². The molecule has 0 aliphatic heterocycles. The van der Waals surface area contributed by atoms with Crippen LogP contribution in [0, 0.1) is 11.8 Å². The number of rotatable bonds is 7. The number of carboxylic acid groups (broad SMARTS) is 1. The molecule has 0 aromatic rings. The van der Waals surface area contributed by atoms with Gasteiger partial charge in [-0.3, -0.25) is 4.79 Å². The summed E-state index contributed by atoms with van der Waals surface area (Å²) in [6.07, 6.45) is 4.71. The van der Waals surface area contributed by atoms with Crippen LogP contribution in [-0.2, 0) is 4.79 Å². The van der Waals surface area contributed by atoms with Crippen molar-refractivity contribution in [1.29, 1.82) is 0 Å². The third kappa shape index (κ3) is 10.9. The lowest BCUT2D eigenvalue weighted by Crippen LogP contribution is -2.02. The molecule has 0 saturated carbocycles. The van der Waals surface area contributed by atoms with E-state index in [-0.39, 0.29) is 6.42 Å². The van der Waals surface area contributed by atoms with Gasteiger partial charge in [-0.2, -0.15) is 0 Å². The lowest BCUT2D eigenvalue weighted by molar-refractivity contribution is -0.137. The van der Waals surface area contributed by atoms with Crippen molar-refractivity contribution in [3.8, 4) is 11.8 Å². The highest BCUT2D eigenvalue weighted by Gasteiger charge is 1.97. The Kier molecular flexibility index (Phi) is 8.90. The minimum Gasteiger partial charge on any atom is -0.481 e.